The average molecular weight is 289 g/mol. The minimum absolute atomic E-state index is 0.275. The molecule has 1 aromatic heterocycles. The number of pyridine rings is 1. The highest BCUT2D eigenvalue weighted by atomic mass is 15.3. The third-order valence-corrected chi connectivity index (χ3v) is 5.20. The zero-order valence-electron chi connectivity index (χ0n) is 14.3. The van der Waals surface area contributed by atoms with Gasteiger partial charge in [-0.15, -0.1) is 0 Å². The van der Waals surface area contributed by atoms with Crippen LogP contribution in [-0.4, -0.2) is 34.6 Å². The molecule has 3 heteroatoms. The summed E-state index contributed by atoms with van der Waals surface area (Å²) in [6, 6.07) is 6.95. The van der Waals surface area contributed by atoms with Gasteiger partial charge in [0.1, 0.15) is 0 Å². The summed E-state index contributed by atoms with van der Waals surface area (Å²) in [5.41, 5.74) is 2.59. The van der Waals surface area contributed by atoms with E-state index in [0.29, 0.717) is 12.0 Å². The summed E-state index contributed by atoms with van der Waals surface area (Å²) in [5.74, 6) is 0.671. The van der Waals surface area contributed by atoms with Crippen molar-refractivity contribution in [2.24, 2.45) is 5.92 Å². The molecule has 0 saturated carbocycles. The molecule has 1 unspecified atom stereocenters. The first-order valence-electron chi connectivity index (χ1n) is 8.41. The van der Waals surface area contributed by atoms with E-state index < -0.39 is 0 Å². The van der Waals surface area contributed by atoms with Crippen LogP contribution in [0.4, 0.5) is 0 Å². The van der Waals surface area contributed by atoms with E-state index in [4.69, 9.17) is 4.98 Å². The molecule has 0 spiro atoms. The normalized spacial score (nSPS) is 22.7. The van der Waals surface area contributed by atoms with Crippen LogP contribution in [0.3, 0.4) is 0 Å². The third kappa shape index (κ3) is 3.64. The molecule has 118 valence electrons. The number of rotatable bonds is 5. The summed E-state index contributed by atoms with van der Waals surface area (Å²) in [6.07, 6.45) is 2.38. The molecule has 1 N–H and O–H groups in total. The van der Waals surface area contributed by atoms with Gasteiger partial charge in [-0.3, -0.25) is 9.88 Å². The maximum atomic E-state index is 4.71. The van der Waals surface area contributed by atoms with Gasteiger partial charge in [0.25, 0.3) is 0 Å². The molecule has 1 aromatic rings. The van der Waals surface area contributed by atoms with Crippen LogP contribution in [0, 0.1) is 12.8 Å². The Bertz CT molecular complexity index is 452. The molecule has 1 atom stereocenters. The monoisotopic (exact) mass is 289 g/mol. The molecule has 2 heterocycles. The summed E-state index contributed by atoms with van der Waals surface area (Å²) in [6.45, 7) is 14.5. The van der Waals surface area contributed by atoms with E-state index in [9.17, 15) is 0 Å². The van der Waals surface area contributed by atoms with E-state index in [1.54, 1.807) is 0 Å². The van der Waals surface area contributed by atoms with Crippen LogP contribution in [0.5, 0.6) is 0 Å². The van der Waals surface area contributed by atoms with Gasteiger partial charge in [-0.1, -0.05) is 33.8 Å². The van der Waals surface area contributed by atoms with E-state index in [0.717, 1.165) is 25.3 Å². The predicted octanol–water partition coefficient (Wildman–Crippen LogP) is 3.38. The molecular formula is C18H31N3. The van der Waals surface area contributed by atoms with E-state index in [-0.39, 0.29) is 5.54 Å². The molecule has 21 heavy (non-hydrogen) atoms. The van der Waals surface area contributed by atoms with Crippen molar-refractivity contribution in [3.63, 3.8) is 0 Å². The highest BCUT2D eigenvalue weighted by Crippen LogP contribution is 2.29. The Balaban J connectivity index is 2.20. The second kappa shape index (κ2) is 6.89. The summed E-state index contributed by atoms with van der Waals surface area (Å²) in [4.78, 5) is 7.39. The Morgan fingerprint density at radius 1 is 1.33 bits per heavy atom. The standard InChI is InChI=1S/C18H31N3/c1-6-18(7-2)13-19-17(14(3)4)12-21(18)11-16-10-8-9-15(5)20-16/h8-10,14,17,19H,6-7,11-13H2,1-5H3. The van der Waals surface area contributed by atoms with E-state index in [1.807, 2.05) is 0 Å². The van der Waals surface area contributed by atoms with Gasteiger partial charge < -0.3 is 5.32 Å². The van der Waals surface area contributed by atoms with Crippen LogP contribution in [0.25, 0.3) is 0 Å². The average Bonchev–Trinajstić information content (AvgIpc) is 2.47. The van der Waals surface area contributed by atoms with Crippen molar-refractivity contribution in [1.82, 2.24) is 15.2 Å². The fourth-order valence-corrected chi connectivity index (χ4v) is 3.44. The molecule has 1 aliphatic heterocycles. The summed E-state index contributed by atoms with van der Waals surface area (Å²) in [5, 5.41) is 3.78. The number of nitrogens with zero attached hydrogens (tertiary/aromatic N) is 2. The number of hydrogen-bond acceptors (Lipinski definition) is 3. The number of aryl methyl sites for hydroxylation is 1. The lowest BCUT2D eigenvalue weighted by molar-refractivity contribution is 0.0146. The van der Waals surface area contributed by atoms with Gasteiger partial charge in [0.05, 0.1) is 5.69 Å². The molecule has 2 rings (SSSR count). The molecule has 1 saturated heterocycles. The fourth-order valence-electron chi connectivity index (χ4n) is 3.44. The van der Waals surface area contributed by atoms with Crippen LogP contribution in [-0.2, 0) is 6.54 Å². The van der Waals surface area contributed by atoms with Crippen molar-refractivity contribution in [1.29, 1.82) is 0 Å². The minimum Gasteiger partial charge on any atom is -0.311 e. The predicted molar refractivity (Wildman–Crippen MR) is 89.3 cm³/mol. The maximum Gasteiger partial charge on any atom is 0.0547 e. The Labute approximate surface area is 130 Å². The quantitative estimate of drug-likeness (QED) is 0.900. The number of hydrogen-bond donors (Lipinski definition) is 1. The highest BCUT2D eigenvalue weighted by Gasteiger charge is 2.39. The zero-order valence-corrected chi connectivity index (χ0v) is 14.3. The lowest BCUT2D eigenvalue weighted by atomic mass is 9.85. The second-order valence-corrected chi connectivity index (χ2v) is 6.81. The van der Waals surface area contributed by atoms with Crippen molar-refractivity contribution in [3.8, 4) is 0 Å². The largest absolute Gasteiger partial charge is 0.311 e. The Kier molecular flexibility index (Phi) is 5.39. The summed E-state index contributed by atoms with van der Waals surface area (Å²) >= 11 is 0. The third-order valence-electron chi connectivity index (χ3n) is 5.20. The van der Waals surface area contributed by atoms with Gasteiger partial charge in [-0.2, -0.15) is 0 Å². The van der Waals surface area contributed by atoms with Crippen molar-refractivity contribution >= 4 is 0 Å². The van der Waals surface area contributed by atoms with Gasteiger partial charge in [0, 0.05) is 36.9 Å². The second-order valence-electron chi connectivity index (χ2n) is 6.81. The summed E-state index contributed by atoms with van der Waals surface area (Å²) < 4.78 is 0. The van der Waals surface area contributed by atoms with Crippen molar-refractivity contribution in [2.45, 2.75) is 65.6 Å². The summed E-state index contributed by atoms with van der Waals surface area (Å²) in [7, 11) is 0. The first-order valence-corrected chi connectivity index (χ1v) is 8.41. The maximum absolute atomic E-state index is 4.71. The minimum atomic E-state index is 0.275. The molecule has 1 aliphatic rings. The van der Waals surface area contributed by atoms with Crippen LogP contribution in [0.1, 0.15) is 51.9 Å². The smallest absolute Gasteiger partial charge is 0.0547 e. The van der Waals surface area contributed by atoms with Crippen LogP contribution in [0.2, 0.25) is 0 Å². The van der Waals surface area contributed by atoms with Gasteiger partial charge in [-0.25, -0.2) is 0 Å². The van der Waals surface area contributed by atoms with Crippen LogP contribution in [0.15, 0.2) is 18.2 Å². The lowest BCUT2D eigenvalue weighted by Crippen LogP contribution is -2.64. The molecule has 0 radical (unpaired) electrons. The topological polar surface area (TPSA) is 28.2 Å². The number of piperazine rings is 1. The van der Waals surface area contributed by atoms with Crippen molar-refractivity contribution in [2.75, 3.05) is 13.1 Å². The van der Waals surface area contributed by atoms with E-state index in [2.05, 4.69) is 63.0 Å². The lowest BCUT2D eigenvalue weighted by Gasteiger charge is -2.50. The van der Waals surface area contributed by atoms with Crippen molar-refractivity contribution in [3.05, 3.63) is 29.6 Å². The van der Waals surface area contributed by atoms with Crippen LogP contribution < -0.4 is 5.32 Å². The van der Waals surface area contributed by atoms with E-state index in [1.165, 1.54) is 18.5 Å². The van der Waals surface area contributed by atoms with Crippen molar-refractivity contribution < 1.29 is 0 Å². The first-order chi connectivity index (χ1) is 10.0. The zero-order chi connectivity index (χ0) is 15.5. The Morgan fingerprint density at radius 3 is 2.62 bits per heavy atom. The first kappa shape index (κ1) is 16.4. The Morgan fingerprint density at radius 2 is 2.05 bits per heavy atom. The fraction of sp³-hybridized carbons (Fsp3) is 0.722. The molecule has 3 nitrogen and oxygen atoms in total. The van der Waals surface area contributed by atoms with Crippen LogP contribution >= 0.6 is 0 Å². The number of aromatic nitrogens is 1. The van der Waals surface area contributed by atoms with Gasteiger partial charge in [-0.05, 0) is 37.8 Å². The molecular weight excluding hydrogens is 258 g/mol. The molecule has 1 fully saturated rings. The van der Waals surface area contributed by atoms with Gasteiger partial charge in [0.2, 0.25) is 0 Å². The van der Waals surface area contributed by atoms with E-state index >= 15 is 0 Å². The molecule has 0 aliphatic carbocycles. The highest BCUT2D eigenvalue weighted by molar-refractivity contribution is 5.11. The molecule has 0 aromatic carbocycles. The Hall–Kier alpha value is -0.930. The number of nitrogens with one attached hydrogen (secondary N) is 1. The van der Waals surface area contributed by atoms with Gasteiger partial charge in [0.15, 0.2) is 0 Å². The molecule has 0 amide bonds. The molecule has 0 bridgehead atoms. The SMILES string of the molecule is CCC1(CC)CNC(C(C)C)CN1Cc1cccc(C)n1. The van der Waals surface area contributed by atoms with Gasteiger partial charge >= 0.3 is 0 Å².